The summed E-state index contributed by atoms with van der Waals surface area (Å²) in [5.74, 6) is 1.04. The fourth-order valence-corrected chi connectivity index (χ4v) is 2.68. The lowest BCUT2D eigenvalue weighted by molar-refractivity contribution is 0.532. The molecule has 2 aromatic rings. The molecule has 0 radical (unpaired) electrons. The summed E-state index contributed by atoms with van der Waals surface area (Å²) in [5, 5.41) is 7.42. The van der Waals surface area contributed by atoms with Gasteiger partial charge < -0.3 is 4.57 Å². The molecule has 0 spiro atoms. The predicted molar refractivity (Wildman–Crippen MR) is 74.3 cm³/mol. The molecule has 0 unspecified atom stereocenters. The van der Waals surface area contributed by atoms with Gasteiger partial charge in [0.1, 0.15) is 5.82 Å². The van der Waals surface area contributed by atoms with E-state index < -0.39 is 0 Å². The minimum atomic E-state index is -0.128. The van der Waals surface area contributed by atoms with Crippen molar-refractivity contribution in [2.45, 2.75) is 38.1 Å². The van der Waals surface area contributed by atoms with Crippen molar-refractivity contribution in [1.82, 2.24) is 14.8 Å². The van der Waals surface area contributed by atoms with Crippen LogP contribution < -0.4 is 0 Å². The number of hydrogen-bond donors (Lipinski definition) is 1. The van der Waals surface area contributed by atoms with Crippen LogP contribution in [0.5, 0.6) is 0 Å². The van der Waals surface area contributed by atoms with E-state index in [1.807, 2.05) is 6.07 Å². The van der Waals surface area contributed by atoms with Crippen LogP contribution in [-0.2, 0) is 5.41 Å². The molecule has 1 N–H and O–H groups in total. The number of aromatic nitrogens is 3. The average molecular weight is 259 g/mol. The summed E-state index contributed by atoms with van der Waals surface area (Å²) in [4.78, 5) is 0. The Balaban J connectivity index is 2.12. The quantitative estimate of drug-likeness (QED) is 0.854. The zero-order valence-electron chi connectivity index (χ0n) is 10.7. The fourth-order valence-electron chi connectivity index (χ4n) is 2.40. The standard InChI is InChI=1S/C14H17N3S/c1-14(2,10-6-4-3-5-7-10)12-15-16-13(18)17(12)11-8-9-11/h3-7,11H,8-9H2,1-2H3,(H,16,18). The Morgan fingerprint density at radius 1 is 1.28 bits per heavy atom. The van der Waals surface area contributed by atoms with E-state index in [9.17, 15) is 0 Å². The molecule has 0 atom stereocenters. The topological polar surface area (TPSA) is 33.6 Å². The third-order valence-corrected chi connectivity index (χ3v) is 3.96. The monoisotopic (exact) mass is 259 g/mol. The van der Waals surface area contributed by atoms with E-state index >= 15 is 0 Å². The van der Waals surface area contributed by atoms with Gasteiger partial charge in [-0.15, -0.1) is 0 Å². The van der Waals surface area contributed by atoms with Crippen molar-refractivity contribution >= 4 is 12.2 Å². The maximum atomic E-state index is 5.35. The number of hydrogen-bond acceptors (Lipinski definition) is 2. The van der Waals surface area contributed by atoms with Crippen LogP contribution in [0.2, 0.25) is 0 Å². The van der Waals surface area contributed by atoms with Gasteiger partial charge in [-0.1, -0.05) is 30.3 Å². The molecule has 0 amide bonds. The largest absolute Gasteiger partial charge is 0.300 e. The summed E-state index contributed by atoms with van der Waals surface area (Å²) in [7, 11) is 0. The summed E-state index contributed by atoms with van der Waals surface area (Å²) < 4.78 is 2.94. The van der Waals surface area contributed by atoms with E-state index in [1.165, 1.54) is 18.4 Å². The number of aromatic amines is 1. The highest BCUT2D eigenvalue weighted by Crippen LogP contribution is 2.40. The maximum Gasteiger partial charge on any atom is 0.195 e. The van der Waals surface area contributed by atoms with Crippen LogP contribution in [0.4, 0.5) is 0 Å². The first-order valence-corrected chi connectivity index (χ1v) is 6.74. The highest BCUT2D eigenvalue weighted by Gasteiger charge is 2.34. The highest BCUT2D eigenvalue weighted by molar-refractivity contribution is 7.71. The fraction of sp³-hybridized carbons (Fsp3) is 0.429. The van der Waals surface area contributed by atoms with Crippen LogP contribution in [0, 0.1) is 4.77 Å². The van der Waals surface area contributed by atoms with Gasteiger partial charge in [0.2, 0.25) is 0 Å². The Bertz CT molecular complexity index is 605. The normalized spacial score (nSPS) is 15.9. The van der Waals surface area contributed by atoms with Gasteiger partial charge in [-0.2, -0.15) is 5.10 Å². The van der Waals surface area contributed by atoms with E-state index in [1.54, 1.807) is 0 Å². The lowest BCUT2D eigenvalue weighted by Crippen LogP contribution is -2.24. The second kappa shape index (κ2) is 4.05. The van der Waals surface area contributed by atoms with Gasteiger partial charge in [0.05, 0.1) is 0 Å². The maximum absolute atomic E-state index is 5.35. The number of H-pyrrole nitrogens is 1. The van der Waals surface area contributed by atoms with Gasteiger partial charge in [0, 0.05) is 11.5 Å². The molecule has 3 nitrogen and oxygen atoms in total. The van der Waals surface area contributed by atoms with Crippen molar-refractivity contribution in [2.24, 2.45) is 0 Å². The van der Waals surface area contributed by atoms with Crippen LogP contribution in [0.15, 0.2) is 30.3 Å². The molecule has 1 fully saturated rings. The first-order chi connectivity index (χ1) is 8.60. The van der Waals surface area contributed by atoms with Gasteiger partial charge >= 0.3 is 0 Å². The van der Waals surface area contributed by atoms with Crippen molar-refractivity contribution in [3.05, 3.63) is 46.5 Å². The number of nitrogens with one attached hydrogen (secondary N) is 1. The van der Waals surface area contributed by atoms with Crippen LogP contribution in [0.1, 0.15) is 44.1 Å². The summed E-state index contributed by atoms with van der Waals surface area (Å²) in [6, 6.07) is 11.0. The van der Waals surface area contributed by atoms with Crippen molar-refractivity contribution in [1.29, 1.82) is 0 Å². The molecule has 4 heteroatoms. The molecule has 18 heavy (non-hydrogen) atoms. The van der Waals surface area contributed by atoms with E-state index in [2.05, 4.69) is 52.9 Å². The lowest BCUT2D eigenvalue weighted by Gasteiger charge is -2.25. The molecule has 1 aliphatic rings. The third kappa shape index (κ3) is 1.81. The molecule has 0 aliphatic heterocycles. The first-order valence-electron chi connectivity index (χ1n) is 6.33. The first kappa shape index (κ1) is 11.7. The summed E-state index contributed by atoms with van der Waals surface area (Å²) in [6.45, 7) is 4.40. The summed E-state index contributed by atoms with van der Waals surface area (Å²) in [5.41, 5.74) is 1.14. The number of nitrogens with zero attached hydrogens (tertiary/aromatic N) is 2. The van der Waals surface area contributed by atoms with E-state index in [0.717, 1.165) is 10.6 Å². The Labute approximate surface area is 112 Å². The van der Waals surface area contributed by atoms with Gasteiger partial charge in [0.15, 0.2) is 4.77 Å². The van der Waals surface area contributed by atoms with Gasteiger partial charge in [0.25, 0.3) is 0 Å². The van der Waals surface area contributed by atoms with Crippen LogP contribution in [-0.4, -0.2) is 14.8 Å². The van der Waals surface area contributed by atoms with Crippen LogP contribution in [0.3, 0.4) is 0 Å². The molecule has 94 valence electrons. The molecule has 3 rings (SSSR count). The number of benzene rings is 1. The van der Waals surface area contributed by atoms with Gasteiger partial charge in [-0.25, -0.2) is 0 Å². The van der Waals surface area contributed by atoms with E-state index in [0.29, 0.717) is 6.04 Å². The van der Waals surface area contributed by atoms with E-state index in [-0.39, 0.29) is 5.41 Å². The average Bonchev–Trinajstić information content (AvgIpc) is 3.13. The molecule has 1 heterocycles. The van der Waals surface area contributed by atoms with Crippen molar-refractivity contribution in [3.63, 3.8) is 0 Å². The zero-order valence-corrected chi connectivity index (χ0v) is 11.5. The Hall–Kier alpha value is -1.42. The minimum Gasteiger partial charge on any atom is -0.300 e. The van der Waals surface area contributed by atoms with Crippen LogP contribution >= 0.6 is 12.2 Å². The van der Waals surface area contributed by atoms with Crippen molar-refractivity contribution in [3.8, 4) is 0 Å². The van der Waals surface area contributed by atoms with E-state index in [4.69, 9.17) is 12.2 Å². The molecule has 1 aliphatic carbocycles. The SMILES string of the molecule is CC(C)(c1ccccc1)c1n[nH]c(=S)n1C1CC1. The molecule has 1 saturated carbocycles. The second-order valence-electron chi connectivity index (χ2n) is 5.44. The smallest absolute Gasteiger partial charge is 0.195 e. The summed E-state index contributed by atoms with van der Waals surface area (Å²) >= 11 is 5.35. The van der Waals surface area contributed by atoms with Gasteiger partial charge in [-0.05, 0) is 44.5 Å². The Kier molecular flexibility index (Phi) is 2.63. The van der Waals surface area contributed by atoms with Gasteiger partial charge in [-0.3, -0.25) is 5.10 Å². The highest BCUT2D eigenvalue weighted by atomic mass is 32.1. The molecular formula is C14H17N3S. The second-order valence-corrected chi connectivity index (χ2v) is 5.83. The zero-order chi connectivity index (χ0) is 12.8. The Morgan fingerprint density at radius 2 is 1.94 bits per heavy atom. The van der Waals surface area contributed by atoms with Crippen molar-refractivity contribution < 1.29 is 0 Å². The van der Waals surface area contributed by atoms with Crippen LogP contribution in [0.25, 0.3) is 0 Å². The number of rotatable bonds is 3. The molecular weight excluding hydrogens is 242 g/mol. The predicted octanol–water partition coefficient (Wildman–Crippen LogP) is 3.60. The summed E-state index contributed by atoms with van der Waals surface area (Å²) in [6.07, 6.45) is 2.43. The lowest BCUT2D eigenvalue weighted by atomic mass is 9.83. The molecule has 0 saturated heterocycles. The minimum absolute atomic E-state index is 0.128. The molecule has 0 bridgehead atoms. The van der Waals surface area contributed by atoms with Crippen molar-refractivity contribution in [2.75, 3.05) is 0 Å². The third-order valence-electron chi connectivity index (χ3n) is 3.67. The molecule has 1 aromatic heterocycles. The Morgan fingerprint density at radius 3 is 2.56 bits per heavy atom. The molecule has 1 aromatic carbocycles.